The Balaban J connectivity index is 2.78. The average Bonchev–Trinajstić information content (AvgIpc) is 2.35. The van der Waals surface area contributed by atoms with E-state index in [1.165, 1.54) is 24.3 Å². The number of carbonyl (C=O) groups excluding carboxylic acids is 2. The number of ether oxygens (including phenoxy) is 1. The molecule has 17 heavy (non-hydrogen) atoms. The monoisotopic (exact) mass is 256 g/mol. The van der Waals surface area contributed by atoms with Crippen LogP contribution in [-0.4, -0.2) is 23.6 Å². The minimum atomic E-state index is -0.833. The van der Waals surface area contributed by atoms with Gasteiger partial charge in [-0.05, 0) is 30.7 Å². The zero-order valence-corrected chi connectivity index (χ0v) is 10.2. The quantitative estimate of drug-likeness (QED) is 0.499. The van der Waals surface area contributed by atoms with E-state index < -0.39 is 17.9 Å². The van der Waals surface area contributed by atoms with Crippen molar-refractivity contribution in [2.24, 2.45) is 0 Å². The lowest BCUT2D eigenvalue weighted by atomic mass is 10.0. The highest BCUT2D eigenvalue weighted by molar-refractivity contribution is 7.81. The molecule has 0 aliphatic carbocycles. The van der Waals surface area contributed by atoms with Crippen molar-refractivity contribution in [3.63, 3.8) is 0 Å². The van der Waals surface area contributed by atoms with Crippen LogP contribution in [0.5, 0.6) is 0 Å². The lowest BCUT2D eigenvalue weighted by molar-refractivity contribution is -0.143. The van der Waals surface area contributed by atoms with Gasteiger partial charge in [0.05, 0.1) is 5.75 Å². The molecule has 0 radical (unpaired) electrons. The molecule has 3 nitrogen and oxygen atoms in total. The summed E-state index contributed by atoms with van der Waals surface area (Å²) >= 11 is 3.76. The summed E-state index contributed by atoms with van der Waals surface area (Å²) < 4.78 is 17.6. The second-order valence-corrected chi connectivity index (χ2v) is 3.73. The molecular weight excluding hydrogens is 243 g/mol. The van der Waals surface area contributed by atoms with Crippen LogP contribution in [0.25, 0.3) is 0 Å². The summed E-state index contributed by atoms with van der Waals surface area (Å²) in [6.07, 6.45) is -0.462. The van der Waals surface area contributed by atoms with E-state index in [1.807, 2.05) is 0 Å². The molecular formula is C12H13FO3S. The van der Waals surface area contributed by atoms with E-state index in [9.17, 15) is 14.0 Å². The Morgan fingerprint density at radius 1 is 1.35 bits per heavy atom. The number of halogens is 1. The van der Waals surface area contributed by atoms with Gasteiger partial charge in [0, 0.05) is 5.56 Å². The van der Waals surface area contributed by atoms with E-state index >= 15 is 0 Å². The van der Waals surface area contributed by atoms with Gasteiger partial charge in [-0.2, -0.15) is 12.6 Å². The van der Waals surface area contributed by atoms with E-state index in [-0.39, 0.29) is 11.5 Å². The molecule has 0 saturated carbocycles. The first-order valence-electron chi connectivity index (χ1n) is 5.18. The third kappa shape index (κ3) is 3.85. The van der Waals surface area contributed by atoms with Crippen molar-refractivity contribution >= 4 is 24.4 Å². The fourth-order valence-corrected chi connectivity index (χ4v) is 1.39. The second-order valence-electron chi connectivity index (χ2n) is 3.42. The van der Waals surface area contributed by atoms with Gasteiger partial charge in [-0.15, -0.1) is 0 Å². The first-order chi connectivity index (χ1) is 8.08. The number of thiol groups is 1. The highest BCUT2D eigenvalue weighted by atomic mass is 32.1. The molecule has 0 fully saturated rings. The number of esters is 1. The molecule has 0 N–H and O–H groups in total. The average molecular weight is 256 g/mol. The summed E-state index contributed by atoms with van der Waals surface area (Å²) in [6.45, 7) is 1.73. The molecule has 0 aliphatic heterocycles. The smallest absolute Gasteiger partial charge is 0.316 e. The molecule has 1 rings (SSSR count). The van der Waals surface area contributed by atoms with Gasteiger partial charge in [-0.3, -0.25) is 9.59 Å². The van der Waals surface area contributed by atoms with Crippen LogP contribution in [0.3, 0.4) is 0 Å². The Morgan fingerprint density at radius 2 is 1.94 bits per heavy atom. The van der Waals surface area contributed by atoms with Crippen LogP contribution in [-0.2, 0) is 9.53 Å². The largest absolute Gasteiger partial charge is 0.453 e. The van der Waals surface area contributed by atoms with Gasteiger partial charge in [0.1, 0.15) is 5.82 Å². The third-order valence-electron chi connectivity index (χ3n) is 2.19. The summed E-state index contributed by atoms with van der Waals surface area (Å²) in [5.41, 5.74) is 0.324. The molecule has 1 unspecified atom stereocenters. The topological polar surface area (TPSA) is 43.4 Å². The SMILES string of the molecule is CCC(OC(=O)CS)C(=O)c1ccc(F)cc1. The zero-order valence-electron chi connectivity index (χ0n) is 9.35. The van der Waals surface area contributed by atoms with Crippen LogP contribution in [0, 0.1) is 5.82 Å². The number of benzene rings is 1. The maximum absolute atomic E-state index is 12.7. The van der Waals surface area contributed by atoms with Crippen molar-refractivity contribution in [1.29, 1.82) is 0 Å². The van der Waals surface area contributed by atoms with E-state index in [4.69, 9.17) is 4.74 Å². The Morgan fingerprint density at radius 3 is 2.41 bits per heavy atom. The summed E-state index contributed by atoms with van der Waals surface area (Å²) in [7, 11) is 0. The lowest BCUT2D eigenvalue weighted by Gasteiger charge is -2.14. The molecule has 0 bridgehead atoms. The molecule has 0 amide bonds. The van der Waals surface area contributed by atoms with Crippen LogP contribution < -0.4 is 0 Å². The predicted molar refractivity (Wildman–Crippen MR) is 64.8 cm³/mol. The first-order valence-corrected chi connectivity index (χ1v) is 5.81. The van der Waals surface area contributed by atoms with Crippen LogP contribution >= 0.6 is 12.6 Å². The number of hydrogen-bond donors (Lipinski definition) is 1. The second kappa shape index (κ2) is 6.39. The minimum absolute atomic E-state index is 0.0762. The summed E-state index contributed by atoms with van der Waals surface area (Å²) in [6, 6.07) is 5.13. The first kappa shape index (κ1) is 13.7. The number of hydrogen-bond acceptors (Lipinski definition) is 4. The lowest BCUT2D eigenvalue weighted by Crippen LogP contribution is -2.27. The number of ketones is 1. The summed E-state index contributed by atoms with van der Waals surface area (Å²) in [5.74, 6) is -1.37. The van der Waals surface area contributed by atoms with Crippen molar-refractivity contribution in [2.45, 2.75) is 19.4 Å². The van der Waals surface area contributed by atoms with Crippen LogP contribution in [0.4, 0.5) is 4.39 Å². The Hall–Kier alpha value is -1.36. The number of Topliss-reactive ketones (excluding diaryl/α,β-unsaturated/α-hetero) is 1. The molecule has 5 heteroatoms. The maximum atomic E-state index is 12.7. The van der Waals surface area contributed by atoms with Crippen LogP contribution in [0.1, 0.15) is 23.7 Å². The number of rotatable bonds is 5. The van der Waals surface area contributed by atoms with Gasteiger partial charge in [0.2, 0.25) is 5.78 Å². The van der Waals surface area contributed by atoms with Gasteiger partial charge in [0.25, 0.3) is 0 Å². The van der Waals surface area contributed by atoms with Crippen LogP contribution in [0.2, 0.25) is 0 Å². The molecule has 0 saturated heterocycles. The zero-order chi connectivity index (χ0) is 12.8. The van der Waals surface area contributed by atoms with Crippen molar-refractivity contribution in [1.82, 2.24) is 0 Å². The maximum Gasteiger partial charge on any atom is 0.316 e. The van der Waals surface area contributed by atoms with E-state index in [0.29, 0.717) is 12.0 Å². The fraction of sp³-hybridized carbons (Fsp3) is 0.333. The van der Waals surface area contributed by atoms with Gasteiger partial charge >= 0.3 is 5.97 Å². The molecule has 1 aromatic carbocycles. The van der Waals surface area contributed by atoms with E-state index in [0.717, 1.165) is 0 Å². The molecule has 1 aromatic rings. The van der Waals surface area contributed by atoms with Gasteiger partial charge in [-0.25, -0.2) is 4.39 Å². The normalized spacial score (nSPS) is 11.9. The van der Waals surface area contributed by atoms with Gasteiger partial charge in [0.15, 0.2) is 6.10 Å². The third-order valence-corrected chi connectivity index (χ3v) is 2.45. The standard InChI is InChI=1S/C12H13FO3S/c1-2-10(16-11(14)7-17)12(15)8-3-5-9(13)6-4-8/h3-6,10,17H,2,7H2,1H3. The molecule has 0 heterocycles. The highest BCUT2D eigenvalue weighted by Gasteiger charge is 2.21. The van der Waals surface area contributed by atoms with Crippen molar-refractivity contribution < 1.29 is 18.7 Å². The van der Waals surface area contributed by atoms with Crippen molar-refractivity contribution in [3.05, 3.63) is 35.6 Å². The molecule has 1 atom stereocenters. The molecule has 0 aliphatic rings. The summed E-state index contributed by atoms with van der Waals surface area (Å²) in [5, 5.41) is 0. The van der Waals surface area contributed by atoms with Crippen LogP contribution in [0.15, 0.2) is 24.3 Å². The number of carbonyl (C=O) groups is 2. The van der Waals surface area contributed by atoms with Crippen molar-refractivity contribution in [2.75, 3.05) is 5.75 Å². The summed E-state index contributed by atoms with van der Waals surface area (Å²) in [4.78, 5) is 23.0. The van der Waals surface area contributed by atoms with E-state index in [1.54, 1.807) is 6.92 Å². The Kier molecular flexibility index (Phi) is 5.15. The molecule has 92 valence electrons. The molecule has 0 aromatic heterocycles. The highest BCUT2D eigenvalue weighted by Crippen LogP contribution is 2.11. The van der Waals surface area contributed by atoms with Gasteiger partial charge < -0.3 is 4.74 Å². The molecule has 0 spiro atoms. The van der Waals surface area contributed by atoms with Crippen molar-refractivity contribution in [3.8, 4) is 0 Å². The van der Waals surface area contributed by atoms with E-state index in [2.05, 4.69) is 12.6 Å². The Labute approximate surface area is 104 Å². The fourth-order valence-electron chi connectivity index (χ4n) is 1.32. The predicted octanol–water partition coefficient (Wildman–Crippen LogP) is 2.26. The van der Waals surface area contributed by atoms with Gasteiger partial charge in [-0.1, -0.05) is 6.92 Å². The minimum Gasteiger partial charge on any atom is -0.453 e. The Bertz CT molecular complexity index is 403.